The van der Waals surface area contributed by atoms with Gasteiger partial charge in [0.05, 0.1) is 6.61 Å². The van der Waals surface area contributed by atoms with Gasteiger partial charge in [0.1, 0.15) is 5.15 Å². The molecule has 4 heteroatoms. The largest absolute Gasteiger partial charge is 0.392 e. The van der Waals surface area contributed by atoms with E-state index in [0.717, 1.165) is 10.0 Å². The zero-order chi connectivity index (χ0) is 8.43. The van der Waals surface area contributed by atoms with Crippen molar-refractivity contribution in [3.63, 3.8) is 0 Å². The summed E-state index contributed by atoms with van der Waals surface area (Å²) in [5.41, 5.74) is 1.62. The molecule has 0 saturated heterocycles. The molecule has 0 atom stereocenters. The lowest BCUT2D eigenvalue weighted by Gasteiger charge is -2.04. The molecular formula is C7H7BrClNO. The Morgan fingerprint density at radius 3 is 2.82 bits per heavy atom. The van der Waals surface area contributed by atoms with Crippen molar-refractivity contribution in [1.29, 1.82) is 0 Å². The predicted molar refractivity (Wildman–Crippen MR) is 47.6 cm³/mol. The molecular weight excluding hydrogens is 229 g/mol. The van der Waals surface area contributed by atoms with Crippen molar-refractivity contribution in [3.8, 4) is 0 Å². The molecule has 0 aliphatic heterocycles. The SMILES string of the molecule is Cc1cnc(Cl)c(CO)c1Br. The van der Waals surface area contributed by atoms with Gasteiger partial charge in [-0.05, 0) is 28.4 Å². The number of rotatable bonds is 1. The summed E-state index contributed by atoms with van der Waals surface area (Å²) in [6.45, 7) is 1.81. The van der Waals surface area contributed by atoms with Gasteiger partial charge in [0, 0.05) is 16.2 Å². The summed E-state index contributed by atoms with van der Waals surface area (Å²) < 4.78 is 0.833. The summed E-state index contributed by atoms with van der Waals surface area (Å²) >= 11 is 9.01. The maximum atomic E-state index is 8.87. The molecule has 0 radical (unpaired) electrons. The molecule has 11 heavy (non-hydrogen) atoms. The van der Waals surface area contributed by atoms with E-state index in [0.29, 0.717) is 10.7 Å². The first-order chi connectivity index (χ1) is 5.16. The minimum Gasteiger partial charge on any atom is -0.392 e. The second kappa shape index (κ2) is 3.52. The first-order valence-corrected chi connectivity index (χ1v) is 4.24. The van der Waals surface area contributed by atoms with Crippen LogP contribution in [0.3, 0.4) is 0 Å². The van der Waals surface area contributed by atoms with E-state index in [-0.39, 0.29) is 6.61 Å². The fraction of sp³-hybridized carbons (Fsp3) is 0.286. The first-order valence-electron chi connectivity index (χ1n) is 3.07. The molecule has 1 aromatic rings. The van der Waals surface area contributed by atoms with Crippen LogP contribution in [0.4, 0.5) is 0 Å². The van der Waals surface area contributed by atoms with E-state index in [4.69, 9.17) is 16.7 Å². The summed E-state index contributed by atoms with van der Waals surface area (Å²) in [7, 11) is 0. The van der Waals surface area contributed by atoms with Crippen molar-refractivity contribution in [2.45, 2.75) is 13.5 Å². The Labute approximate surface area is 78.3 Å². The van der Waals surface area contributed by atoms with E-state index in [1.807, 2.05) is 6.92 Å². The monoisotopic (exact) mass is 235 g/mol. The van der Waals surface area contributed by atoms with Crippen molar-refractivity contribution in [1.82, 2.24) is 4.98 Å². The topological polar surface area (TPSA) is 33.1 Å². The molecule has 0 amide bonds. The number of pyridine rings is 1. The molecule has 1 aromatic heterocycles. The van der Waals surface area contributed by atoms with E-state index in [1.165, 1.54) is 0 Å². The Kier molecular flexibility index (Phi) is 2.87. The van der Waals surface area contributed by atoms with Crippen LogP contribution in [0.15, 0.2) is 10.7 Å². The van der Waals surface area contributed by atoms with E-state index < -0.39 is 0 Å². The van der Waals surface area contributed by atoms with Crippen molar-refractivity contribution in [2.75, 3.05) is 0 Å². The van der Waals surface area contributed by atoms with Crippen molar-refractivity contribution < 1.29 is 5.11 Å². The molecule has 0 spiro atoms. The minimum absolute atomic E-state index is 0.0892. The quantitative estimate of drug-likeness (QED) is 0.759. The van der Waals surface area contributed by atoms with Crippen LogP contribution in [0.1, 0.15) is 11.1 Å². The van der Waals surface area contributed by atoms with Crippen LogP contribution in [0.25, 0.3) is 0 Å². The van der Waals surface area contributed by atoms with Gasteiger partial charge in [-0.25, -0.2) is 4.98 Å². The third kappa shape index (κ3) is 1.72. The molecule has 0 aromatic carbocycles. The molecule has 1 rings (SSSR count). The number of hydrogen-bond donors (Lipinski definition) is 1. The molecule has 0 unspecified atom stereocenters. The molecule has 1 heterocycles. The Balaban J connectivity index is 3.29. The molecule has 1 N–H and O–H groups in total. The van der Waals surface area contributed by atoms with E-state index in [1.54, 1.807) is 6.20 Å². The van der Waals surface area contributed by atoms with Gasteiger partial charge in [0.25, 0.3) is 0 Å². The Hall–Kier alpha value is -0.120. The highest BCUT2D eigenvalue weighted by molar-refractivity contribution is 9.10. The summed E-state index contributed by atoms with van der Waals surface area (Å²) in [4.78, 5) is 3.89. The number of aliphatic hydroxyl groups excluding tert-OH is 1. The molecule has 2 nitrogen and oxygen atoms in total. The standard InChI is InChI=1S/C7H7BrClNO/c1-4-2-10-7(9)5(3-11)6(4)8/h2,11H,3H2,1H3. The van der Waals surface area contributed by atoms with Crippen LogP contribution in [0.5, 0.6) is 0 Å². The van der Waals surface area contributed by atoms with Gasteiger partial charge in [0.15, 0.2) is 0 Å². The van der Waals surface area contributed by atoms with Gasteiger partial charge in [0.2, 0.25) is 0 Å². The third-order valence-corrected chi connectivity index (χ3v) is 2.82. The molecule has 0 saturated carbocycles. The summed E-state index contributed by atoms with van der Waals surface area (Å²) in [5, 5.41) is 9.22. The van der Waals surface area contributed by atoms with Gasteiger partial charge in [-0.3, -0.25) is 0 Å². The fourth-order valence-corrected chi connectivity index (χ4v) is 1.48. The van der Waals surface area contributed by atoms with E-state index in [2.05, 4.69) is 20.9 Å². The molecule has 0 fully saturated rings. The van der Waals surface area contributed by atoms with Crippen molar-refractivity contribution in [3.05, 3.63) is 26.9 Å². The van der Waals surface area contributed by atoms with Crippen LogP contribution >= 0.6 is 27.5 Å². The maximum Gasteiger partial charge on any atom is 0.135 e. The van der Waals surface area contributed by atoms with Crippen molar-refractivity contribution >= 4 is 27.5 Å². The zero-order valence-electron chi connectivity index (χ0n) is 5.93. The number of hydrogen-bond acceptors (Lipinski definition) is 2. The molecule has 0 aliphatic rings. The molecule has 60 valence electrons. The van der Waals surface area contributed by atoms with Gasteiger partial charge in [-0.2, -0.15) is 0 Å². The van der Waals surface area contributed by atoms with Crippen LogP contribution < -0.4 is 0 Å². The van der Waals surface area contributed by atoms with Crippen LogP contribution in [0, 0.1) is 6.92 Å². The first kappa shape index (κ1) is 8.97. The lowest BCUT2D eigenvalue weighted by molar-refractivity contribution is 0.280. The average Bonchev–Trinajstić information content (AvgIpc) is 1.99. The Morgan fingerprint density at radius 1 is 1.73 bits per heavy atom. The number of aryl methyl sites for hydroxylation is 1. The smallest absolute Gasteiger partial charge is 0.135 e. The Bertz CT molecular complexity index is 277. The van der Waals surface area contributed by atoms with Gasteiger partial charge >= 0.3 is 0 Å². The number of aromatic nitrogens is 1. The lowest BCUT2D eigenvalue weighted by Crippen LogP contribution is -1.92. The predicted octanol–water partition coefficient (Wildman–Crippen LogP) is 2.30. The van der Waals surface area contributed by atoms with Crippen LogP contribution in [-0.2, 0) is 6.61 Å². The second-order valence-electron chi connectivity index (χ2n) is 2.18. The van der Waals surface area contributed by atoms with Crippen LogP contribution in [0.2, 0.25) is 5.15 Å². The summed E-state index contributed by atoms with van der Waals surface area (Å²) in [6.07, 6.45) is 1.66. The molecule has 0 aliphatic carbocycles. The van der Waals surface area contributed by atoms with Gasteiger partial charge in [-0.1, -0.05) is 11.6 Å². The second-order valence-corrected chi connectivity index (χ2v) is 3.33. The highest BCUT2D eigenvalue weighted by atomic mass is 79.9. The molecule has 0 bridgehead atoms. The fourth-order valence-electron chi connectivity index (χ4n) is 0.751. The van der Waals surface area contributed by atoms with Gasteiger partial charge in [-0.15, -0.1) is 0 Å². The number of nitrogens with zero attached hydrogens (tertiary/aromatic N) is 1. The summed E-state index contributed by atoms with van der Waals surface area (Å²) in [5.74, 6) is 0. The zero-order valence-corrected chi connectivity index (χ0v) is 8.28. The van der Waals surface area contributed by atoms with E-state index >= 15 is 0 Å². The number of aliphatic hydroxyl groups is 1. The van der Waals surface area contributed by atoms with Crippen LogP contribution in [-0.4, -0.2) is 10.1 Å². The third-order valence-electron chi connectivity index (χ3n) is 1.39. The minimum atomic E-state index is -0.0892. The van der Waals surface area contributed by atoms with Gasteiger partial charge < -0.3 is 5.11 Å². The maximum absolute atomic E-state index is 8.87. The van der Waals surface area contributed by atoms with Crippen molar-refractivity contribution in [2.24, 2.45) is 0 Å². The average molecular weight is 236 g/mol. The van der Waals surface area contributed by atoms with E-state index in [9.17, 15) is 0 Å². The summed E-state index contributed by atoms with van der Waals surface area (Å²) in [6, 6.07) is 0. The normalized spacial score (nSPS) is 10.2. The lowest BCUT2D eigenvalue weighted by atomic mass is 10.2. The Morgan fingerprint density at radius 2 is 2.36 bits per heavy atom. The highest BCUT2D eigenvalue weighted by Gasteiger charge is 2.06. The number of halogens is 2. The highest BCUT2D eigenvalue weighted by Crippen LogP contribution is 2.25.